The first-order chi connectivity index (χ1) is 21.3. The number of aliphatic hydroxyl groups is 2. The van der Waals surface area contributed by atoms with E-state index in [1.165, 1.54) is 11.4 Å². The van der Waals surface area contributed by atoms with Gasteiger partial charge in [0, 0.05) is 48.7 Å². The van der Waals surface area contributed by atoms with E-state index in [1.54, 1.807) is 21.6 Å². The number of aromatic nitrogens is 3. The minimum absolute atomic E-state index is 0.0309. The van der Waals surface area contributed by atoms with Crippen molar-refractivity contribution in [2.45, 2.75) is 75.5 Å². The van der Waals surface area contributed by atoms with Crippen molar-refractivity contribution in [3.05, 3.63) is 70.8 Å². The SMILES string of the molecule is Cc1n(Cc2cc(NC3=CCC(C)c4ccc(N5CCN(CCO)C5=O)cc4S3)nc(NC3CCC(O)CC3)c2)cc[n+]1C. The summed E-state index contributed by atoms with van der Waals surface area (Å²) in [5, 5.41) is 27.6. The second-order valence-electron chi connectivity index (χ2n) is 12.3. The van der Waals surface area contributed by atoms with Crippen LogP contribution >= 0.6 is 11.8 Å². The number of allylic oxidation sites excluding steroid dienone is 1. The largest absolute Gasteiger partial charge is 0.395 e. The molecule has 4 N–H and O–H groups in total. The molecule has 2 aromatic heterocycles. The molecule has 10 nitrogen and oxygen atoms in total. The van der Waals surface area contributed by atoms with Crippen LogP contribution in [0.15, 0.2) is 58.7 Å². The van der Waals surface area contributed by atoms with Gasteiger partial charge in [0.05, 0.1) is 24.8 Å². The van der Waals surface area contributed by atoms with Gasteiger partial charge in [-0.15, -0.1) is 0 Å². The van der Waals surface area contributed by atoms with E-state index in [9.17, 15) is 15.0 Å². The Morgan fingerprint density at radius 1 is 1.11 bits per heavy atom. The van der Waals surface area contributed by atoms with Crippen LogP contribution in [0.4, 0.5) is 22.1 Å². The Hall–Kier alpha value is -3.54. The van der Waals surface area contributed by atoms with Crippen LogP contribution in [0, 0.1) is 6.92 Å². The summed E-state index contributed by atoms with van der Waals surface area (Å²) in [5.74, 6) is 3.14. The number of fused-ring (bicyclic) bond motifs is 1. The lowest BCUT2D eigenvalue weighted by Gasteiger charge is -2.27. The number of carbonyl (C=O) groups is 1. The molecule has 1 aromatic carbocycles. The molecule has 1 saturated carbocycles. The number of thioether (sulfide) groups is 1. The maximum Gasteiger partial charge on any atom is 0.324 e. The van der Waals surface area contributed by atoms with Crippen molar-refractivity contribution in [1.82, 2.24) is 14.5 Å². The summed E-state index contributed by atoms with van der Waals surface area (Å²) in [4.78, 5) is 22.6. The first-order valence-electron chi connectivity index (χ1n) is 15.7. The molecule has 1 atom stereocenters. The first-order valence-corrected chi connectivity index (χ1v) is 16.5. The van der Waals surface area contributed by atoms with Crippen molar-refractivity contribution < 1.29 is 19.6 Å². The number of aliphatic hydroxyl groups excluding tert-OH is 2. The highest BCUT2D eigenvalue weighted by Crippen LogP contribution is 2.41. The van der Waals surface area contributed by atoms with E-state index >= 15 is 0 Å². The van der Waals surface area contributed by atoms with E-state index in [4.69, 9.17) is 4.98 Å². The van der Waals surface area contributed by atoms with E-state index in [2.05, 4.69) is 83.4 Å². The molecule has 4 heterocycles. The number of benzene rings is 1. The van der Waals surface area contributed by atoms with Crippen LogP contribution in [0.1, 0.15) is 61.9 Å². The van der Waals surface area contributed by atoms with E-state index in [-0.39, 0.29) is 18.7 Å². The van der Waals surface area contributed by atoms with Gasteiger partial charge in [-0.25, -0.2) is 18.9 Å². The monoisotopic (exact) mass is 618 g/mol. The number of imidazole rings is 1. The molecule has 0 bridgehead atoms. The second kappa shape index (κ2) is 13.2. The van der Waals surface area contributed by atoms with E-state index < -0.39 is 0 Å². The molecule has 3 aromatic rings. The average Bonchev–Trinajstić information content (AvgIpc) is 3.47. The fourth-order valence-corrected chi connectivity index (χ4v) is 7.46. The normalized spacial score (nSPS) is 22.1. The number of hydrogen-bond donors (Lipinski definition) is 4. The van der Waals surface area contributed by atoms with Crippen LogP contribution in [0.25, 0.3) is 0 Å². The molecule has 234 valence electrons. The van der Waals surface area contributed by atoms with Gasteiger partial charge in [0.2, 0.25) is 0 Å². The number of hydrogen-bond acceptors (Lipinski definition) is 7. The Morgan fingerprint density at radius 2 is 1.91 bits per heavy atom. The topological polar surface area (TPSA) is 110 Å². The van der Waals surface area contributed by atoms with Gasteiger partial charge in [0.1, 0.15) is 30.6 Å². The number of urea groups is 1. The summed E-state index contributed by atoms with van der Waals surface area (Å²) in [6.45, 7) is 6.65. The minimum Gasteiger partial charge on any atom is -0.395 e. The molecule has 1 aliphatic carbocycles. The van der Waals surface area contributed by atoms with Crippen molar-refractivity contribution in [2.75, 3.05) is 41.8 Å². The Kier molecular flexibility index (Phi) is 9.16. The number of anilines is 3. The van der Waals surface area contributed by atoms with Gasteiger partial charge >= 0.3 is 6.03 Å². The lowest BCUT2D eigenvalue weighted by Crippen LogP contribution is -2.33. The Morgan fingerprint density at radius 3 is 2.66 bits per heavy atom. The number of nitrogens with zero attached hydrogens (tertiary/aromatic N) is 5. The zero-order valence-electron chi connectivity index (χ0n) is 25.9. The molecule has 2 fully saturated rings. The average molecular weight is 619 g/mol. The Labute approximate surface area is 263 Å². The van der Waals surface area contributed by atoms with Crippen LogP contribution in [-0.4, -0.2) is 69.1 Å². The van der Waals surface area contributed by atoms with Gasteiger partial charge in [-0.05, 0) is 67.9 Å². The predicted octanol–water partition coefficient (Wildman–Crippen LogP) is 4.57. The second-order valence-corrected chi connectivity index (χ2v) is 13.4. The fourth-order valence-electron chi connectivity index (χ4n) is 6.32. The fraction of sp³-hybridized carbons (Fsp3) is 0.485. The third-order valence-electron chi connectivity index (χ3n) is 9.12. The molecular formula is C33H44N7O3S+. The van der Waals surface area contributed by atoms with Crippen LogP contribution in [-0.2, 0) is 13.6 Å². The third kappa shape index (κ3) is 6.74. The van der Waals surface area contributed by atoms with Crippen molar-refractivity contribution >= 4 is 35.1 Å². The van der Waals surface area contributed by atoms with E-state index in [0.29, 0.717) is 31.6 Å². The number of rotatable bonds is 9. The van der Waals surface area contributed by atoms with Gasteiger partial charge in [0.25, 0.3) is 5.82 Å². The first kappa shape index (κ1) is 30.5. The molecule has 3 aliphatic rings. The number of β-amino-alcohol motifs (C(OH)–C–C–N with tert-alkyl or cyclic N) is 1. The Balaban J connectivity index is 1.25. The standard InChI is InChI=1S/C33H44N7O3S/c1-22-4-11-32(44-29-20-26(7-10-28(22)29)40-15-14-38(16-17-41)33(40)43)36-31-19-24(21-39-13-12-37(3)23(39)2)18-30(35-31)34-25-5-8-27(42)9-6-25/h7,10-13,18-20,22,25,27,41-42H,4-6,8-9,14-17,21H2,1-3H3,(H2,34,35,36)/q+1. The zero-order chi connectivity index (χ0) is 30.8. The van der Waals surface area contributed by atoms with E-state index in [0.717, 1.165) is 71.5 Å². The molecule has 0 radical (unpaired) electrons. The van der Waals surface area contributed by atoms with Crippen LogP contribution in [0.3, 0.4) is 0 Å². The van der Waals surface area contributed by atoms with Crippen molar-refractivity contribution in [3.63, 3.8) is 0 Å². The lowest BCUT2D eigenvalue weighted by molar-refractivity contribution is -0.677. The summed E-state index contributed by atoms with van der Waals surface area (Å²) in [6.07, 6.45) is 10.6. The number of aryl methyl sites for hydroxylation is 1. The molecule has 2 amide bonds. The molecular weight excluding hydrogens is 574 g/mol. The molecule has 0 spiro atoms. The number of nitrogens with one attached hydrogen (secondary N) is 2. The molecule has 2 aliphatic heterocycles. The highest BCUT2D eigenvalue weighted by molar-refractivity contribution is 8.03. The molecule has 11 heteroatoms. The smallest absolute Gasteiger partial charge is 0.324 e. The highest BCUT2D eigenvalue weighted by Gasteiger charge is 2.30. The summed E-state index contributed by atoms with van der Waals surface area (Å²) < 4.78 is 4.35. The number of carbonyl (C=O) groups excluding carboxylic acids is 1. The minimum atomic E-state index is -0.199. The van der Waals surface area contributed by atoms with E-state index in [1.807, 2.05) is 6.07 Å². The number of amides is 2. The van der Waals surface area contributed by atoms with Gasteiger partial charge in [0.15, 0.2) is 0 Å². The third-order valence-corrected chi connectivity index (χ3v) is 10.2. The van der Waals surface area contributed by atoms with Gasteiger partial charge in [-0.1, -0.05) is 30.8 Å². The highest BCUT2D eigenvalue weighted by atomic mass is 32.2. The van der Waals surface area contributed by atoms with Crippen LogP contribution in [0.5, 0.6) is 0 Å². The zero-order valence-corrected chi connectivity index (χ0v) is 26.7. The molecule has 44 heavy (non-hydrogen) atoms. The van der Waals surface area contributed by atoms with Crippen molar-refractivity contribution in [1.29, 1.82) is 0 Å². The quantitative estimate of drug-likeness (QED) is 0.260. The van der Waals surface area contributed by atoms with Crippen molar-refractivity contribution in [3.8, 4) is 0 Å². The van der Waals surface area contributed by atoms with Gasteiger partial charge in [-0.2, -0.15) is 0 Å². The summed E-state index contributed by atoms with van der Waals surface area (Å²) in [6, 6.07) is 10.8. The van der Waals surface area contributed by atoms with Gasteiger partial charge in [-0.3, -0.25) is 4.90 Å². The number of pyridine rings is 1. The van der Waals surface area contributed by atoms with Crippen LogP contribution in [0.2, 0.25) is 0 Å². The van der Waals surface area contributed by atoms with Crippen LogP contribution < -0.4 is 20.1 Å². The molecule has 6 rings (SSSR count). The molecule has 1 saturated heterocycles. The summed E-state index contributed by atoms with van der Waals surface area (Å²) >= 11 is 1.68. The van der Waals surface area contributed by atoms with Crippen molar-refractivity contribution in [2.24, 2.45) is 7.05 Å². The van der Waals surface area contributed by atoms with Gasteiger partial charge < -0.3 is 25.7 Å². The maximum atomic E-state index is 13.0. The predicted molar refractivity (Wildman–Crippen MR) is 174 cm³/mol. The Bertz CT molecular complexity index is 1530. The summed E-state index contributed by atoms with van der Waals surface area (Å²) in [7, 11) is 2.06. The summed E-state index contributed by atoms with van der Waals surface area (Å²) in [5.41, 5.74) is 3.30. The molecule has 1 unspecified atom stereocenters. The lowest BCUT2D eigenvalue weighted by atomic mass is 9.93. The maximum absolute atomic E-state index is 13.0.